The quantitative estimate of drug-likeness (QED) is 0.720. The summed E-state index contributed by atoms with van der Waals surface area (Å²) in [6.45, 7) is 2.01. The van der Waals surface area contributed by atoms with E-state index in [0.29, 0.717) is 11.6 Å². The molecule has 1 fully saturated rings. The zero-order valence-electron chi connectivity index (χ0n) is 9.31. The molecule has 0 aliphatic heterocycles. The first kappa shape index (κ1) is 9.58. The van der Waals surface area contributed by atoms with Gasteiger partial charge in [0.1, 0.15) is 5.82 Å². The zero-order valence-corrected chi connectivity index (χ0v) is 9.31. The Hall–Kier alpha value is -1.64. The van der Waals surface area contributed by atoms with Gasteiger partial charge >= 0.3 is 0 Å². The smallest absolute Gasteiger partial charge is 0.166 e. The molecule has 3 nitrogen and oxygen atoms in total. The van der Waals surface area contributed by atoms with Gasteiger partial charge in [-0.1, -0.05) is 12.5 Å². The summed E-state index contributed by atoms with van der Waals surface area (Å²) >= 11 is 0. The predicted octanol–water partition coefficient (Wildman–Crippen LogP) is 2.72. The number of aromatic nitrogens is 2. The van der Waals surface area contributed by atoms with Crippen molar-refractivity contribution in [1.29, 1.82) is 0 Å². The highest BCUT2D eigenvalue weighted by Gasteiger charge is 2.25. The fraction of sp³-hybridized carbons (Fsp3) is 0.385. The normalized spacial score (nSPS) is 16.3. The number of nitrogens with zero attached hydrogens (tertiary/aromatic N) is 2. The third-order valence-electron chi connectivity index (χ3n) is 3.49. The van der Waals surface area contributed by atoms with Gasteiger partial charge < -0.3 is 0 Å². The molecule has 1 saturated carbocycles. The fourth-order valence-corrected chi connectivity index (χ4v) is 2.38. The van der Waals surface area contributed by atoms with Crippen molar-refractivity contribution in [3.8, 4) is 0 Å². The lowest BCUT2D eigenvalue weighted by molar-refractivity contribution is 0.111. The molecule has 1 aliphatic rings. The number of imidazole rings is 1. The first-order valence-electron chi connectivity index (χ1n) is 5.74. The van der Waals surface area contributed by atoms with Gasteiger partial charge in [0.25, 0.3) is 0 Å². The lowest BCUT2D eigenvalue weighted by Gasteiger charge is -2.24. The van der Waals surface area contributed by atoms with Gasteiger partial charge in [-0.25, -0.2) is 4.98 Å². The Morgan fingerprint density at radius 3 is 2.88 bits per heavy atom. The molecule has 0 spiro atoms. The minimum atomic E-state index is 0.544. The molecule has 0 amide bonds. The SMILES string of the molecule is Cc1nc(C2CCC2)n2c(C=O)cccc12. The minimum absolute atomic E-state index is 0.544. The van der Waals surface area contributed by atoms with Crippen molar-refractivity contribution in [2.24, 2.45) is 0 Å². The van der Waals surface area contributed by atoms with Crippen LogP contribution in [-0.2, 0) is 0 Å². The van der Waals surface area contributed by atoms with E-state index in [2.05, 4.69) is 4.98 Å². The molecule has 2 heterocycles. The van der Waals surface area contributed by atoms with Crippen LogP contribution in [0.25, 0.3) is 5.52 Å². The summed E-state index contributed by atoms with van der Waals surface area (Å²) in [6.07, 6.45) is 4.59. The number of carbonyl (C=O) groups excluding carboxylic acids is 1. The molecule has 0 saturated heterocycles. The van der Waals surface area contributed by atoms with Crippen LogP contribution in [0, 0.1) is 6.92 Å². The van der Waals surface area contributed by atoms with Gasteiger partial charge in [-0.3, -0.25) is 9.20 Å². The van der Waals surface area contributed by atoms with Crippen LogP contribution in [0.2, 0.25) is 0 Å². The van der Waals surface area contributed by atoms with E-state index in [0.717, 1.165) is 23.3 Å². The van der Waals surface area contributed by atoms with Crippen LogP contribution in [0.15, 0.2) is 18.2 Å². The van der Waals surface area contributed by atoms with Gasteiger partial charge in [0.15, 0.2) is 6.29 Å². The van der Waals surface area contributed by atoms with E-state index >= 15 is 0 Å². The van der Waals surface area contributed by atoms with Gasteiger partial charge in [0.2, 0.25) is 0 Å². The van der Waals surface area contributed by atoms with Gasteiger partial charge in [-0.2, -0.15) is 0 Å². The summed E-state index contributed by atoms with van der Waals surface area (Å²) in [5.41, 5.74) is 2.79. The van der Waals surface area contributed by atoms with Crippen LogP contribution in [-0.4, -0.2) is 15.7 Å². The number of fused-ring (bicyclic) bond motifs is 1. The summed E-state index contributed by atoms with van der Waals surface area (Å²) < 4.78 is 2.02. The molecule has 0 aromatic carbocycles. The molecule has 3 heteroatoms. The molecule has 0 atom stereocenters. The topological polar surface area (TPSA) is 34.4 Å². The third kappa shape index (κ3) is 1.21. The van der Waals surface area contributed by atoms with Crippen LogP contribution in [0.5, 0.6) is 0 Å². The molecule has 2 aromatic heterocycles. The van der Waals surface area contributed by atoms with E-state index in [1.165, 1.54) is 19.3 Å². The monoisotopic (exact) mass is 214 g/mol. The lowest BCUT2D eigenvalue weighted by atomic mass is 9.85. The number of pyridine rings is 1. The molecule has 2 aromatic rings. The van der Waals surface area contributed by atoms with Crippen LogP contribution >= 0.6 is 0 Å². The first-order chi connectivity index (χ1) is 7.81. The van der Waals surface area contributed by atoms with E-state index in [1.54, 1.807) is 0 Å². The third-order valence-corrected chi connectivity index (χ3v) is 3.49. The Kier molecular flexibility index (Phi) is 2.06. The van der Waals surface area contributed by atoms with Crippen LogP contribution in [0.4, 0.5) is 0 Å². The lowest BCUT2D eigenvalue weighted by Crippen LogP contribution is -2.13. The molecule has 3 rings (SSSR count). The summed E-state index contributed by atoms with van der Waals surface area (Å²) in [4.78, 5) is 15.7. The average Bonchev–Trinajstić information content (AvgIpc) is 2.54. The summed E-state index contributed by atoms with van der Waals surface area (Å²) in [5.74, 6) is 1.61. The van der Waals surface area contributed by atoms with Crippen molar-refractivity contribution in [2.45, 2.75) is 32.1 Å². The van der Waals surface area contributed by atoms with Crippen molar-refractivity contribution >= 4 is 11.8 Å². The highest BCUT2D eigenvalue weighted by atomic mass is 16.1. The molecule has 0 N–H and O–H groups in total. The maximum absolute atomic E-state index is 11.1. The Bertz CT molecular complexity index is 552. The number of hydrogen-bond acceptors (Lipinski definition) is 2. The predicted molar refractivity (Wildman–Crippen MR) is 61.9 cm³/mol. The Labute approximate surface area is 94.1 Å². The summed E-state index contributed by atoms with van der Waals surface area (Å²) in [6, 6.07) is 5.79. The average molecular weight is 214 g/mol. The highest BCUT2D eigenvalue weighted by molar-refractivity contribution is 5.75. The Morgan fingerprint density at radius 2 is 2.25 bits per heavy atom. The zero-order chi connectivity index (χ0) is 11.1. The van der Waals surface area contributed by atoms with Crippen molar-refractivity contribution in [2.75, 3.05) is 0 Å². The van der Waals surface area contributed by atoms with Crippen LogP contribution in [0.1, 0.15) is 47.2 Å². The van der Waals surface area contributed by atoms with Crippen molar-refractivity contribution in [3.05, 3.63) is 35.4 Å². The van der Waals surface area contributed by atoms with Crippen molar-refractivity contribution < 1.29 is 4.79 Å². The van der Waals surface area contributed by atoms with Gasteiger partial charge in [0, 0.05) is 5.92 Å². The van der Waals surface area contributed by atoms with E-state index < -0.39 is 0 Å². The van der Waals surface area contributed by atoms with Gasteiger partial charge in [-0.05, 0) is 31.9 Å². The van der Waals surface area contributed by atoms with Crippen LogP contribution < -0.4 is 0 Å². The number of aryl methyl sites for hydroxylation is 1. The molecule has 0 bridgehead atoms. The van der Waals surface area contributed by atoms with E-state index in [9.17, 15) is 4.79 Å². The second kappa shape index (κ2) is 3.44. The molecule has 82 valence electrons. The second-order valence-electron chi connectivity index (χ2n) is 4.47. The highest BCUT2D eigenvalue weighted by Crippen LogP contribution is 2.36. The maximum atomic E-state index is 11.1. The second-order valence-corrected chi connectivity index (χ2v) is 4.47. The van der Waals surface area contributed by atoms with Crippen LogP contribution in [0.3, 0.4) is 0 Å². The summed E-state index contributed by atoms with van der Waals surface area (Å²) in [5, 5.41) is 0. The molecule has 1 aliphatic carbocycles. The number of rotatable bonds is 2. The molecule has 16 heavy (non-hydrogen) atoms. The molecular formula is C13H14N2O. The number of carbonyl (C=O) groups is 1. The Morgan fingerprint density at radius 1 is 1.44 bits per heavy atom. The van der Waals surface area contributed by atoms with Crippen molar-refractivity contribution in [3.63, 3.8) is 0 Å². The maximum Gasteiger partial charge on any atom is 0.166 e. The molecule has 0 unspecified atom stereocenters. The van der Waals surface area contributed by atoms with Gasteiger partial charge in [-0.15, -0.1) is 0 Å². The number of hydrogen-bond donors (Lipinski definition) is 0. The first-order valence-corrected chi connectivity index (χ1v) is 5.74. The fourth-order valence-electron chi connectivity index (χ4n) is 2.38. The van der Waals surface area contributed by atoms with E-state index in [4.69, 9.17) is 0 Å². The standard InChI is InChI=1S/C13H14N2O/c1-9-12-7-3-6-11(8-16)15(12)13(14-9)10-4-2-5-10/h3,6-8,10H,2,4-5H2,1H3. The molecule has 0 radical (unpaired) electrons. The summed E-state index contributed by atoms with van der Waals surface area (Å²) in [7, 11) is 0. The largest absolute Gasteiger partial charge is 0.296 e. The number of aldehydes is 1. The van der Waals surface area contributed by atoms with E-state index in [1.807, 2.05) is 29.5 Å². The Balaban J connectivity index is 2.30. The van der Waals surface area contributed by atoms with Crippen molar-refractivity contribution in [1.82, 2.24) is 9.38 Å². The molecular weight excluding hydrogens is 200 g/mol. The minimum Gasteiger partial charge on any atom is -0.296 e. The van der Waals surface area contributed by atoms with Gasteiger partial charge in [0.05, 0.1) is 16.9 Å². The van der Waals surface area contributed by atoms with E-state index in [-0.39, 0.29) is 0 Å².